The molecule has 4 rings (SSSR count). The highest BCUT2D eigenvalue weighted by Crippen LogP contribution is 2.38. The summed E-state index contributed by atoms with van der Waals surface area (Å²) in [5.41, 5.74) is -0.707. The average Bonchev–Trinajstić information content (AvgIpc) is 3.36. The molecular formula is C15H21N7OS. The van der Waals surface area contributed by atoms with Crippen molar-refractivity contribution < 1.29 is 4.79 Å². The van der Waals surface area contributed by atoms with Gasteiger partial charge in [0.2, 0.25) is 5.13 Å². The van der Waals surface area contributed by atoms with E-state index >= 15 is 0 Å². The maximum atomic E-state index is 13.0. The fourth-order valence-electron chi connectivity index (χ4n) is 3.89. The van der Waals surface area contributed by atoms with E-state index in [-0.39, 0.29) is 5.91 Å². The predicted molar refractivity (Wildman–Crippen MR) is 88.6 cm³/mol. The molecule has 2 fully saturated rings. The van der Waals surface area contributed by atoms with Crippen molar-refractivity contribution in [3.8, 4) is 0 Å². The van der Waals surface area contributed by atoms with Gasteiger partial charge < -0.3 is 0 Å². The molecule has 2 saturated carbocycles. The molecule has 2 aliphatic rings. The second kappa shape index (κ2) is 6.54. The Morgan fingerprint density at radius 3 is 2.67 bits per heavy atom. The van der Waals surface area contributed by atoms with Crippen LogP contribution in [0.2, 0.25) is 0 Å². The van der Waals surface area contributed by atoms with E-state index in [0.717, 1.165) is 37.1 Å². The lowest BCUT2D eigenvalue weighted by Gasteiger charge is -2.34. The Balaban J connectivity index is 1.53. The molecule has 0 unspecified atom stereocenters. The van der Waals surface area contributed by atoms with E-state index < -0.39 is 5.54 Å². The standard InChI is InChI=1S/C15H21N7OS/c23-13(15(8-4-1-5-9-15)22-10-16-20-21-22)17-14-19-18-12(24-14)11-6-2-3-7-11/h10-11H,1-9H2,(H,17,19,23). The molecule has 0 bridgehead atoms. The first-order valence-corrected chi connectivity index (χ1v) is 9.48. The van der Waals surface area contributed by atoms with Crippen molar-refractivity contribution in [3.63, 3.8) is 0 Å². The van der Waals surface area contributed by atoms with Crippen LogP contribution in [0.5, 0.6) is 0 Å². The number of amides is 1. The average molecular weight is 347 g/mol. The van der Waals surface area contributed by atoms with Gasteiger partial charge in [0.15, 0.2) is 0 Å². The maximum Gasteiger partial charge on any atom is 0.254 e. The maximum absolute atomic E-state index is 13.0. The van der Waals surface area contributed by atoms with Crippen LogP contribution in [0.15, 0.2) is 6.33 Å². The summed E-state index contributed by atoms with van der Waals surface area (Å²) in [5, 5.41) is 24.5. The number of hydrogen-bond acceptors (Lipinski definition) is 7. The fourth-order valence-corrected chi connectivity index (χ4v) is 4.80. The van der Waals surface area contributed by atoms with Gasteiger partial charge in [0, 0.05) is 5.92 Å². The van der Waals surface area contributed by atoms with E-state index in [9.17, 15) is 4.79 Å². The highest BCUT2D eigenvalue weighted by molar-refractivity contribution is 7.15. The molecule has 0 aliphatic heterocycles. The second-order valence-electron chi connectivity index (χ2n) is 6.73. The fraction of sp³-hybridized carbons (Fsp3) is 0.733. The molecule has 2 aliphatic carbocycles. The zero-order chi connectivity index (χ0) is 16.4. The van der Waals surface area contributed by atoms with Gasteiger partial charge in [-0.1, -0.05) is 43.4 Å². The van der Waals surface area contributed by atoms with Crippen molar-refractivity contribution in [1.82, 2.24) is 30.4 Å². The summed E-state index contributed by atoms with van der Waals surface area (Å²) in [6.07, 6.45) is 11.0. The zero-order valence-corrected chi connectivity index (χ0v) is 14.3. The Morgan fingerprint density at radius 2 is 1.96 bits per heavy atom. The van der Waals surface area contributed by atoms with Gasteiger partial charge in [-0.05, 0) is 36.1 Å². The number of aromatic nitrogens is 6. The van der Waals surface area contributed by atoms with Crippen molar-refractivity contribution in [3.05, 3.63) is 11.3 Å². The van der Waals surface area contributed by atoms with Crippen LogP contribution in [-0.2, 0) is 10.3 Å². The summed E-state index contributed by atoms with van der Waals surface area (Å²) >= 11 is 1.50. The van der Waals surface area contributed by atoms with Gasteiger partial charge in [-0.2, -0.15) is 0 Å². The molecule has 8 nitrogen and oxygen atoms in total. The van der Waals surface area contributed by atoms with E-state index in [0.29, 0.717) is 11.0 Å². The molecule has 9 heteroatoms. The number of nitrogens with zero attached hydrogens (tertiary/aromatic N) is 6. The summed E-state index contributed by atoms with van der Waals surface area (Å²) in [5.74, 6) is 0.430. The molecule has 2 aromatic rings. The number of nitrogens with one attached hydrogen (secondary N) is 1. The first-order valence-electron chi connectivity index (χ1n) is 8.66. The zero-order valence-electron chi connectivity index (χ0n) is 13.5. The third-order valence-corrected chi connectivity index (χ3v) is 6.26. The molecule has 1 amide bonds. The topological polar surface area (TPSA) is 98.5 Å². The minimum atomic E-state index is -0.707. The van der Waals surface area contributed by atoms with Crippen molar-refractivity contribution in [2.75, 3.05) is 5.32 Å². The first kappa shape index (κ1) is 15.6. The van der Waals surface area contributed by atoms with Gasteiger partial charge in [-0.3, -0.25) is 10.1 Å². The summed E-state index contributed by atoms with van der Waals surface area (Å²) in [6.45, 7) is 0. The van der Waals surface area contributed by atoms with Gasteiger partial charge in [-0.25, -0.2) is 4.68 Å². The number of tetrazole rings is 1. The van der Waals surface area contributed by atoms with Crippen LogP contribution in [0.3, 0.4) is 0 Å². The Bertz CT molecular complexity index is 687. The third kappa shape index (κ3) is 2.81. The van der Waals surface area contributed by atoms with E-state index in [1.165, 1.54) is 43.3 Å². The van der Waals surface area contributed by atoms with Crippen molar-refractivity contribution >= 4 is 22.4 Å². The number of carbonyl (C=O) groups excluding carboxylic acids is 1. The summed E-state index contributed by atoms with van der Waals surface area (Å²) in [6, 6.07) is 0. The Hall–Kier alpha value is -1.90. The normalized spacial score (nSPS) is 21.0. The molecule has 24 heavy (non-hydrogen) atoms. The number of anilines is 1. The quantitative estimate of drug-likeness (QED) is 0.912. The lowest BCUT2D eigenvalue weighted by molar-refractivity contribution is -0.126. The van der Waals surface area contributed by atoms with Crippen molar-refractivity contribution in [2.45, 2.75) is 69.2 Å². The lowest BCUT2D eigenvalue weighted by atomic mass is 9.81. The van der Waals surface area contributed by atoms with Crippen LogP contribution < -0.4 is 5.32 Å². The van der Waals surface area contributed by atoms with Gasteiger partial charge in [-0.15, -0.1) is 15.3 Å². The molecule has 0 atom stereocenters. The first-order chi connectivity index (χ1) is 11.8. The van der Waals surface area contributed by atoms with Gasteiger partial charge in [0.25, 0.3) is 5.91 Å². The van der Waals surface area contributed by atoms with Crippen LogP contribution in [0.1, 0.15) is 68.7 Å². The number of carbonyl (C=O) groups is 1. The highest BCUT2D eigenvalue weighted by atomic mass is 32.1. The Kier molecular flexibility index (Phi) is 4.26. The van der Waals surface area contributed by atoms with Crippen molar-refractivity contribution in [2.24, 2.45) is 0 Å². The van der Waals surface area contributed by atoms with Crippen LogP contribution in [0.25, 0.3) is 0 Å². The summed E-state index contributed by atoms with van der Waals surface area (Å²) in [4.78, 5) is 13.0. The van der Waals surface area contributed by atoms with Gasteiger partial charge in [0.1, 0.15) is 16.9 Å². The van der Waals surface area contributed by atoms with E-state index in [1.54, 1.807) is 4.68 Å². The molecule has 2 aromatic heterocycles. The Morgan fingerprint density at radius 1 is 1.17 bits per heavy atom. The van der Waals surface area contributed by atoms with Crippen LogP contribution in [0.4, 0.5) is 5.13 Å². The largest absolute Gasteiger partial charge is 0.298 e. The molecule has 0 saturated heterocycles. The molecule has 1 N–H and O–H groups in total. The SMILES string of the molecule is O=C(Nc1nnc(C2CCCC2)s1)C1(n2cnnn2)CCCCC1. The van der Waals surface area contributed by atoms with Crippen molar-refractivity contribution in [1.29, 1.82) is 0 Å². The number of hydrogen-bond donors (Lipinski definition) is 1. The lowest BCUT2D eigenvalue weighted by Crippen LogP contribution is -2.47. The van der Waals surface area contributed by atoms with E-state index in [4.69, 9.17) is 0 Å². The van der Waals surface area contributed by atoms with E-state index in [2.05, 4.69) is 31.0 Å². The predicted octanol–water partition coefficient (Wildman–Crippen LogP) is 2.48. The van der Waals surface area contributed by atoms with Gasteiger partial charge >= 0.3 is 0 Å². The van der Waals surface area contributed by atoms with Crippen LogP contribution in [0, 0.1) is 0 Å². The minimum absolute atomic E-state index is 0.0800. The number of rotatable bonds is 4. The van der Waals surface area contributed by atoms with Crippen LogP contribution in [-0.4, -0.2) is 36.3 Å². The molecule has 0 aromatic carbocycles. The smallest absolute Gasteiger partial charge is 0.254 e. The molecule has 0 radical (unpaired) electrons. The Labute approximate surface area is 144 Å². The highest BCUT2D eigenvalue weighted by Gasteiger charge is 2.43. The molecular weight excluding hydrogens is 326 g/mol. The van der Waals surface area contributed by atoms with E-state index in [1.807, 2.05) is 0 Å². The van der Waals surface area contributed by atoms with Crippen LogP contribution >= 0.6 is 11.3 Å². The molecule has 128 valence electrons. The third-order valence-electron chi connectivity index (χ3n) is 5.26. The summed E-state index contributed by atoms with van der Waals surface area (Å²) in [7, 11) is 0. The second-order valence-corrected chi connectivity index (χ2v) is 7.74. The summed E-state index contributed by atoms with van der Waals surface area (Å²) < 4.78 is 1.61. The molecule has 0 spiro atoms. The minimum Gasteiger partial charge on any atom is -0.298 e. The monoisotopic (exact) mass is 347 g/mol. The van der Waals surface area contributed by atoms with Gasteiger partial charge in [0.05, 0.1) is 0 Å². The molecule has 2 heterocycles.